The van der Waals surface area contributed by atoms with Gasteiger partial charge >= 0.3 is 7.12 Å². The molecule has 1 saturated heterocycles. The zero-order valence-corrected chi connectivity index (χ0v) is 25.7. The maximum atomic E-state index is 14.0. The summed E-state index contributed by atoms with van der Waals surface area (Å²) >= 11 is 0. The number of ether oxygens (including phenoxy) is 2. The van der Waals surface area contributed by atoms with E-state index >= 15 is 0 Å². The smallest absolute Gasteiger partial charge is 0.480 e. The first kappa shape index (κ1) is 32.2. The molecule has 1 fully saturated rings. The fourth-order valence-electron chi connectivity index (χ4n) is 5.82. The second kappa shape index (κ2) is 15.7. The highest BCUT2D eigenvalue weighted by atomic mass is 32.1. The van der Waals surface area contributed by atoms with Crippen LogP contribution in [0.2, 0.25) is 0 Å². The molecule has 0 saturated carbocycles. The van der Waals surface area contributed by atoms with E-state index in [9.17, 15) is 9.59 Å². The van der Waals surface area contributed by atoms with Gasteiger partial charge in [0, 0.05) is 38.3 Å². The van der Waals surface area contributed by atoms with Crippen LogP contribution in [0.1, 0.15) is 60.2 Å². The first-order valence-electron chi connectivity index (χ1n) is 15.0. The lowest BCUT2D eigenvalue weighted by Crippen LogP contribution is -2.57. The van der Waals surface area contributed by atoms with Crippen LogP contribution in [0, 0.1) is 5.92 Å². The van der Waals surface area contributed by atoms with E-state index in [0.717, 1.165) is 49.9 Å². The topological polar surface area (TPSA) is 107 Å². The molecule has 2 aliphatic heterocycles. The van der Waals surface area contributed by atoms with Gasteiger partial charge in [-0.2, -0.15) is 13.5 Å². The Kier molecular flexibility index (Phi) is 12.0. The molecule has 2 aromatic rings. The zero-order valence-electron chi connectivity index (χ0n) is 24.7. The van der Waals surface area contributed by atoms with Crippen molar-refractivity contribution in [3.8, 4) is 11.5 Å². The molecule has 1 aliphatic carbocycles. The van der Waals surface area contributed by atoms with Crippen LogP contribution >= 0.6 is 13.5 Å². The van der Waals surface area contributed by atoms with Gasteiger partial charge in [-0.1, -0.05) is 32.0 Å². The van der Waals surface area contributed by atoms with E-state index in [-0.39, 0.29) is 31.3 Å². The fraction of sp³-hybridized carbons (Fsp3) is 0.548. The van der Waals surface area contributed by atoms with Crippen LogP contribution in [0.4, 0.5) is 0 Å². The second-order valence-electron chi connectivity index (χ2n) is 11.5. The SMILES string of the molecule is CC(C)C[C@H](NC(=O)[C@H](Cc1ccc2c(c1)OCCO2)NC(=O)c1cccc2c1CCCC2)B1OCCNCCO1.S. The first-order chi connectivity index (χ1) is 20.0. The molecule has 5 rings (SSSR count). The molecule has 11 heteroatoms. The van der Waals surface area contributed by atoms with Crippen molar-refractivity contribution in [2.75, 3.05) is 39.5 Å². The van der Waals surface area contributed by atoms with Gasteiger partial charge in [0.2, 0.25) is 5.91 Å². The maximum Gasteiger partial charge on any atom is 0.480 e. The lowest BCUT2D eigenvalue weighted by atomic mass is 9.73. The quantitative estimate of drug-likeness (QED) is 0.382. The van der Waals surface area contributed by atoms with Crippen LogP contribution in [0.5, 0.6) is 11.5 Å². The Bertz CT molecular complexity index is 1210. The molecule has 0 aromatic heterocycles. The van der Waals surface area contributed by atoms with Gasteiger partial charge in [-0.3, -0.25) is 9.59 Å². The number of fused-ring (bicyclic) bond motifs is 2. The van der Waals surface area contributed by atoms with Crippen molar-refractivity contribution in [1.82, 2.24) is 16.0 Å². The molecule has 0 unspecified atom stereocenters. The summed E-state index contributed by atoms with van der Waals surface area (Å²) < 4.78 is 23.5. The molecular formula is C31H44BN3O6S. The van der Waals surface area contributed by atoms with Gasteiger partial charge < -0.3 is 34.7 Å². The van der Waals surface area contributed by atoms with Gasteiger partial charge in [-0.25, -0.2) is 0 Å². The summed E-state index contributed by atoms with van der Waals surface area (Å²) in [6.45, 7) is 7.64. The Hall–Kier alpha value is -2.73. The molecule has 0 bridgehead atoms. The van der Waals surface area contributed by atoms with Gasteiger partial charge in [0.1, 0.15) is 19.3 Å². The number of hydrogen-bond acceptors (Lipinski definition) is 7. The number of hydrogen-bond donors (Lipinski definition) is 3. The molecule has 0 spiro atoms. The average Bonchev–Trinajstić information content (AvgIpc) is 2.95. The molecular weight excluding hydrogens is 553 g/mol. The average molecular weight is 598 g/mol. The number of carbonyl (C=O) groups excluding carboxylic acids is 2. The van der Waals surface area contributed by atoms with Gasteiger partial charge in [0.25, 0.3) is 5.91 Å². The first-order valence-corrected chi connectivity index (χ1v) is 15.0. The van der Waals surface area contributed by atoms with Gasteiger partial charge in [0.05, 0.1) is 5.94 Å². The van der Waals surface area contributed by atoms with E-state index in [1.807, 2.05) is 30.3 Å². The summed E-state index contributed by atoms with van der Waals surface area (Å²) in [7, 11) is -0.560. The third-order valence-electron chi connectivity index (χ3n) is 7.81. The van der Waals surface area contributed by atoms with Crippen LogP contribution in [-0.2, 0) is 33.4 Å². The van der Waals surface area contributed by atoms with Crippen LogP contribution in [-0.4, -0.2) is 70.4 Å². The van der Waals surface area contributed by atoms with E-state index in [4.69, 9.17) is 18.8 Å². The Morgan fingerprint density at radius 3 is 2.43 bits per heavy atom. The summed E-state index contributed by atoms with van der Waals surface area (Å²) in [5.41, 5.74) is 3.84. The lowest BCUT2D eigenvalue weighted by Gasteiger charge is -2.29. The van der Waals surface area contributed by atoms with Crippen molar-refractivity contribution >= 4 is 32.4 Å². The number of benzene rings is 2. The van der Waals surface area contributed by atoms with E-state index < -0.39 is 13.2 Å². The third kappa shape index (κ3) is 8.43. The molecule has 3 N–H and O–H groups in total. The maximum absolute atomic E-state index is 14.0. The van der Waals surface area contributed by atoms with Gasteiger partial charge in [0.15, 0.2) is 11.5 Å². The minimum atomic E-state index is -0.811. The number of carbonyl (C=O) groups is 2. The predicted molar refractivity (Wildman–Crippen MR) is 168 cm³/mol. The molecule has 42 heavy (non-hydrogen) atoms. The normalized spacial score (nSPS) is 18.0. The Morgan fingerprint density at radius 2 is 1.67 bits per heavy atom. The molecule has 2 amide bonds. The fourth-order valence-corrected chi connectivity index (χ4v) is 5.82. The minimum Gasteiger partial charge on any atom is -0.486 e. The third-order valence-corrected chi connectivity index (χ3v) is 7.81. The number of amides is 2. The Morgan fingerprint density at radius 1 is 0.929 bits per heavy atom. The highest BCUT2D eigenvalue weighted by molar-refractivity contribution is 7.59. The van der Waals surface area contributed by atoms with Crippen molar-refractivity contribution in [3.05, 3.63) is 58.7 Å². The molecule has 2 aromatic carbocycles. The lowest BCUT2D eigenvalue weighted by molar-refractivity contribution is -0.123. The Balaban J connectivity index is 0.00000405. The van der Waals surface area contributed by atoms with Gasteiger partial charge in [-0.15, -0.1) is 0 Å². The molecule has 0 radical (unpaired) electrons. The van der Waals surface area contributed by atoms with Crippen molar-refractivity contribution in [2.24, 2.45) is 5.92 Å². The number of rotatable bonds is 9. The van der Waals surface area contributed by atoms with Crippen LogP contribution < -0.4 is 25.4 Å². The molecule has 228 valence electrons. The van der Waals surface area contributed by atoms with Crippen molar-refractivity contribution in [1.29, 1.82) is 0 Å². The number of nitrogens with one attached hydrogen (secondary N) is 3. The molecule has 9 nitrogen and oxygen atoms in total. The summed E-state index contributed by atoms with van der Waals surface area (Å²) in [6.07, 6.45) is 5.03. The van der Waals surface area contributed by atoms with Crippen molar-refractivity contribution in [2.45, 2.75) is 64.4 Å². The van der Waals surface area contributed by atoms with E-state index in [1.165, 1.54) is 5.56 Å². The highest BCUT2D eigenvalue weighted by Gasteiger charge is 2.35. The zero-order chi connectivity index (χ0) is 28.6. The van der Waals surface area contributed by atoms with Gasteiger partial charge in [-0.05, 0) is 72.9 Å². The second-order valence-corrected chi connectivity index (χ2v) is 11.5. The van der Waals surface area contributed by atoms with Crippen LogP contribution in [0.3, 0.4) is 0 Å². The van der Waals surface area contributed by atoms with Crippen LogP contribution in [0.25, 0.3) is 0 Å². The molecule has 2 heterocycles. The van der Waals surface area contributed by atoms with Crippen molar-refractivity contribution < 1.29 is 28.4 Å². The number of aryl methyl sites for hydroxylation is 1. The summed E-state index contributed by atoms with van der Waals surface area (Å²) in [6, 6.07) is 10.8. The minimum absolute atomic E-state index is 0. The van der Waals surface area contributed by atoms with E-state index in [2.05, 4.69) is 35.9 Å². The highest BCUT2D eigenvalue weighted by Crippen LogP contribution is 2.31. The Labute approximate surface area is 256 Å². The summed E-state index contributed by atoms with van der Waals surface area (Å²) in [5.74, 6) is 0.787. The molecule has 2 atom stereocenters. The summed E-state index contributed by atoms with van der Waals surface area (Å²) in [5, 5.41) is 9.52. The predicted octanol–water partition coefficient (Wildman–Crippen LogP) is 2.99. The van der Waals surface area contributed by atoms with E-state index in [1.54, 1.807) is 0 Å². The monoisotopic (exact) mass is 597 g/mol. The van der Waals surface area contributed by atoms with Crippen molar-refractivity contribution in [3.63, 3.8) is 0 Å². The standard InChI is InChI=1S/C31H42BN3O6.H2S/c1-21(2)18-29(32-40-14-12-33-13-15-41-32)35-31(37)26(19-22-10-11-27-28(20-22)39-17-16-38-27)34-30(36)25-9-5-7-23-6-3-4-8-24(23)25;/h5,7,9-11,20-21,26,29,33H,3-4,6,8,12-19H2,1-2H3,(H,34,36)(H,35,37);1H2/t26-,29-;/m0./s1. The van der Waals surface area contributed by atoms with E-state index in [0.29, 0.717) is 62.2 Å². The van der Waals surface area contributed by atoms with Crippen LogP contribution in [0.15, 0.2) is 36.4 Å². The largest absolute Gasteiger partial charge is 0.486 e. The molecule has 3 aliphatic rings. The summed E-state index contributed by atoms with van der Waals surface area (Å²) in [4.78, 5) is 27.7.